The number of primary amides is 1. The third-order valence-corrected chi connectivity index (χ3v) is 3.58. The molecule has 1 aromatic rings. The molecule has 6 nitrogen and oxygen atoms in total. The van der Waals surface area contributed by atoms with Crippen LogP contribution in [0.3, 0.4) is 0 Å². The molecule has 0 aliphatic carbocycles. The second kappa shape index (κ2) is 6.68. The number of carbonyl (C=O) groups is 1. The smallest absolute Gasteiger partial charge is 0.284 e. The third-order valence-electron chi connectivity index (χ3n) is 3.58. The van der Waals surface area contributed by atoms with Crippen LogP contribution in [-0.2, 0) is 4.74 Å². The Morgan fingerprint density at radius 2 is 2.37 bits per heavy atom. The first kappa shape index (κ1) is 14.0. The van der Waals surface area contributed by atoms with Gasteiger partial charge in [-0.3, -0.25) is 4.79 Å². The molecule has 106 valence electrons. The molecule has 1 aliphatic rings. The second-order valence-corrected chi connectivity index (χ2v) is 5.09. The van der Waals surface area contributed by atoms with E-state index in [-0.39, 0.29) is 6.04 Å². The lowest BCUT2D eigenvalue weighted by molar-refractivity contribution is 0.0661. The first-order chi connectivity index (χ1) is 9.18. The molecule has 0 bridgehead atoms. The van der Waals surface area contributed by atoms with Crippen molar-refractivity contribution in [1.29, 1.82) is 0 Å². The van der Waals surface area contributed by atoms with Gasteiger partial charge in [-0.1, -0.05) is 0 Å². The molecule has 0 radical (unpaired) electrons. The Labute approximate surface area is 113 Å². The number of ether oxygens (including phenoxy) is 1. The Morgan fingerprint density at radius 3 is 3.05 bits per heavy atom. The van der Waals surface area contributed by atoms with Crippen molar-refractivity contribution in [2.75, 3.05) is 26.3 Å². The van der Waals surface area contributed by atoms with Crippen LogP contribution in [0.4, 0.5) is 0 Å². The maximum Gasteiger partial charge on any atom is 0.284 e. The number of amides is 1. The Bertz CT molecular complexity index is 413. The molecule has 1 aliphatic heterocycles. The van der Waals surface area contributed by atoms with E-state index >= 15 is 0 Å². The molecule has 0 spiro atoms. The summed E-state index contributed by atoms with van der Waals surface area (Å²) in [4.78, 5) is 15.2. The minimum absolute atomic E-state index is 0.157. The molecule has 3 N–H and O–H groups in total. The zero-order valence-electron chi connectivity index (χ0n) is 11.3. The largest absolute Gasteiger partial charge is 0.381 e. The number of imidazole rings is 1. The average Bonchev–Trinajstić information content (AvgIpc) is 2.89. The molecule has 2 heterocycles. The van der Waals surface area contributed by atoms with E-state index in [1.807, 2.05) is 11.5 Å². The molecule has 0 aromatic carbocycles. The molecule has 19 heavy (non-hydrogen) atoms. The summed E-state index contributed by atoms with van der Waals surface area (Å²) < 4.78 is 7.16. The molecular weight excluding hydrogens is 244 g/mol. The van der Waals surface area contributed by atoms with E-state index in [1.54, 1.807) is 12.4 Å². The fourth-order valence-corrected chi connectivity index (χ4v) is 2.40. The molecule has 1 aromatic heterocycles. The Morgan fingerprint density at radius 1 is 1.63 bits per heavy atom. The summed E-state index contributed by atoms with van der Waals surface area (Å²) in [5.41, 5.74) is 5.29. The first-order valence-corrected chi connectivity index (χ1v) is 6.79. The SMILES string of the molecule is CC(CNCC1CCOCC1)n1ccnc1C(N)=O. The molecule has 1 unspecified atom stereocenters. The summed E-state index contributed by atoms with van der Waals surface area (Å²) in [6.07, 6.45) is 5.65. The number of rotatable bonds is 6. The lowest BCUT2D eigenvalue weighted by Crippen LogP contribution is -2.32. The Kier molecular flexibility index (Phi) is 4.93. The topological polar surface area (TPSA) is 82.2 Å². The normalized spacial score (nSPS) is 18.4. The number of aromatic nitrogens is 2. The molecule has 2 rings (SSSR count). The van der Waals surface area contributed by atoms with Gasteiger partial charge in [-0.2, -0.15) is 0 Å². The van der Waals surface area contributed by atoms with Crippen LogP contribution in [0.5, 0.6) is 0 Å². The molecule has 1 fully saturated rings. The van der Waals surface area contributed by atoms with Crippen molar-refractivity contribution in [1.82, 2.24) is 14.9 Å². The van der Waals surface area contributed by atoms with Gasteiger partial charge in [0.2, 0.25) is 0 Å². The van der Waals surface area contributed by atoms with Crippen LogP contribution >= 0.6 is 0 Å². The maximum absolute atomic E-state index is 11.2. The number of nitrogens with zero attached hydrogens (tertiary/aromatic N) is 2. The molecule has 6 heteroatoms. The van der Waals surface area contributed by atoms with E-state index in [0.29, 0.717) is 11.7 Å². The molecule has 1 amide bonds. The Hall–Kier alpha value is -1.40. The van der Waals surface area contributed by atoms with E-state index in [2.05, 4.69) is 10.3 Å². The highest BCUT2D eigenvalue weighted by atomic mass is 16.5. The zero-order chi connectivity index (χ0) is 13.7. The van der Waals surface area contributed by atoms with Gasteiger partial charge in [-0.25, -0.2) is 4.98 Å². The van der Waals surface area contributed by atoms with Gasteiger partial charge >= 0.3 is 0 Å². The number of nitrogens with one attached hydrogen (secondary N) is 1. The predicted octanol–water partition coefficient (Wildman–Crippen LogP) is 0.559. The van der Waals surface area contributed by atoms with E-state index in [1.165, 1.54) is 0 Å². The number of carbonyl (C=O) groups excluding carboxylic acids is 1. The zero-order valence-corrected chi connectivity index (χ0v) is 11.3. The number of hydrogen-bond donors (Lipinski definition) is 2. The van der Waals surface area contributed by atoms with Crippen molar-refractivity contribution in [2.45, 2.75) is 25.8 Å². The quantitative estimate of drug-likeness (QED) is 0.788. The van der Waals surface area contributed by atoms with Crippen LogP contribution in [0.1, 0.15) is 36.4 Å². The lowest BCUT2D eigenvalue weighted by Gasteiger charge is -2.23. The van der Waals surface area contributed by atoms with Crippen molar-refractivity contribution in [3.8, 4) is 0 Å². The standard InChI is InChI=1S/C13H22N4O2/c1-10(17-5-4-16-13(17)12(14)18)8-15-9-11-2-6-19-7-3-11/h4-5,10-11,15H,2-3,6-9H2,1H3,(H2,14,18). The highest BCUT2D eigenvalue weighted by Crippen LogP contribution is 2.14. The van der Waals surface area contributed by atoms with E-state index in [4.69, 9.17) is 10.5 Å². The summed E-state index contributed by atoms with van der Waals surface area (Å²) in [6, 6.07) is 0.157. The lowest BCUT2D eigenvalue weighted by atomic mass is 10.0. The van der Waals surface area contributed by atoms with Crippen LogP contribution in [-0.4, -0.2) is 41.8 Å². The number of hydrogen-bond acceptors (Lipinski definition) is 4. The van der Waals surface area contributed by atoms with Crippen molar-refractivity contribution in [3.63, 3.8) is 0 Å². The van der Waals surface area contributed by atoms with Crippen LogP contribution in [0, 0.1) is 5.92 Å². The summed E-state index contributed by atoms with van der Waals surface area (Å²) in [7, 11) is 0. The average molecular weight is 266 g/mol. The van der Waals surface area contributed by atoms with Crippen molar-refractivity contribution in [3.05, 3.63) is 18.2 Å². The third kappa shape index (κ3) is 3.78. The van der Waals surface area contributed by atoms with Gasteiger partial charge < -0.3 is 20.4 Å². The first-order valence-electron chi connectivity index (χ1n) is 6.79. The molecule has 1 saturated heterocycles. The monoisotopic (exact) mass is 266 g/mol. The highest BCUT2D eigenvalue weighted by molar-refractivity contribution is 5.89. The van der Waals surface area contributed by atoms with Crippen molar-refractivity contribution in [2.24, 2.45) is 11.7 Å². The highest BCUT2D eigenvalue weighted by Gasteiger charge is 2.16. The van der Waals surface area contributed by atoms with Gasteiger partial charge in [0.25, 0.3) is 5.91 Å². The maximum atomic E-state index is 11.2. The summed E-state index contributed by atoms with van der Waals surface area (Å²) in [5, 5.41) is 3.45. The van der Waals surface area contributed by atoms with Gasteiger partial charge in [-0.05, 0) is 32.2 Å². The Balaban J connectivity index is 1.78. The molecule has 1 atom stereocenters. The second-order valence-electron chi connectivity index (χ2n) is 5.09. The van der Waals surface area contributed by atoms with Crippen molar-refractivity contribution >= 4 is 5.91 Å². The fourth-order valence-electron chi connectivity index (χ4n) is 2.40. The van der Waals surface area contributed by atoms with E-state index in [9.17, 15) is 4.79 Å². The van der Waals surface area contributed by atoms with Crippen LogP contribution in [0.25, 0.3) is 0 Å². The fraction of sp³-hybridized carbons (Fsp3) is 0.692. The minimum atomic E-state index is -0.485. The van der Waals surface area contributed by atoms with Gasteiger partial charge in [0.1, 0.15) is 0 Å². The summed E-state index contributed by atoms with van der Waals surface area (Å²) >= 11 is 0. The van der Waals surface area contributed by atoms with Gasteiger partial charge in [0.15, 0.2) is 5.82 Å². The van der Waals surface area contributed by atoms with Crippen LogP contribution in [0.2, 0.25) is 0 Å². The summed E-state index contributed by atoms with van der Waals surface area (Å²) in [5.74, 6) is 0.529. The van der Waals surface area contributed by atoms with E-state index < -0.39 is 5.91 Å². The van der Waals surface area contributed by atoms with Gasteiger partial charge in [0.05, 0.1) is 0 Å². The van der Waals surface area contributed by atoms with Crippen LogP contribution in [0.15, 0.2) is 12.4 Å². The molecule has 0 saturated carbocycles. The minimum Gasteiger partial charge on any atom is -0.381 e. The summed E-state index contributed by atoms with van der Waals surface area (Å²) in [6.45, 7) is 5.58. The molecular formula is C13H22N4O2. The van der Waals surface area contributed by atoms with Gasteiger partial charge in [-0.15, -0.1) is 0 Å². The number of nitrogens with two attached hydrogens (primary N) is 1. The van der Waals surface area contributed by atoms with E-state index in [0.717, 1.165) is 39.1 Å². The van der Waals surface area contributed by atoms with Crippen LogP contribution < -0.4 is 11.1 Å². The van der Waals surface area contributed by atoms with Gasteiger partial charge in [0, 0.05) is 38.2 Å². The predicted molar refractivity (Wildman–Crippen MR) is 71.9 cm³/mol. The van der Waals surface area contributed by atoms with Crippen molar-refractivity contribution < 1.29 is 9.53 Å².